The lowest BCUT2D eigenvalue weighted by Crippen LogP contribution is -2.55. The van der Waals surface area contributed by atoms with Crippen molar-refractivity contribution in [2.75, 3.05) is 33.5 Å². The van der Waals surface area contributed by atoms with Crippen LogP contribution >= 0.6 is 0 Å². The molecule has 1 N–H and O–H groups in total. The van der Waals surface area contributed by atoms with Crippen LogP contribution < -0.4 is 0 Å². The zero-order valence-electron chi connectivity index (χ0n) is 12.3. The molecular formula is C14H27NO4. The second-order valence-electron chi connectivity index (χ2n) is 5.81. The van der Waals surface area contributed by atoms with Crippen molar-refractivity contribution in [3.05, 3.63) is 0 Å². The molecule has 2 aliphatic rings. The Morgan fingerprint density at radius 2 is 2.05 bits per heavy atom. The van der Waals surface area contributed by atoms with Crippen LogP contribution in [0.3, 0.4) is 0 Å². The van der Waals surface area contributed by atoms with E-state index in [1.165, 1.54) is 0 Å². The predicted molar refractivity (Wildman–Crippen MR) is 72.0 cm³/mol. The molecule has 1 heterocycles. The van der Waals surface area contributed by atoms with E-state index in [2.05, 4.69) is 18.7 Å². The maximum absolute atomic E-state index is 10.3. The van der Waals surface area contributed by atoms with E-state index in [1.807, 2.05) is 0 Å². The minimum Gasteiger partial charge on any atom is -0.391 e. The Labute approximate surface area is 115 Å². The van der Waals surface area contributed by atoms with Crippen molar-refractivity contribution in [1.29, 1.82) is 0 Å². The first kappa shape index (κ1) is 15.2. The summed E-state index contributed by atoms with van der Waals surface area (Å²) in [6, 6.07) is 0.452. The summed E-state index contributed by atoms with van der Waals surface area (Å²) < 4.78 is 16.8. The summed E-state index contributed by atoms with van der Waals surface area (Å²) in [5.41, 5.74) is 0. The molecule has 1 spiro atoms. The lowest BCUT2D eigenvalue weighted by Gasteiger charge is -2.45. The number of methoxy groups -OCH3 is 1. The van der Waals surface area contributed by atoms with Crippen LogP contribution in [-0.2, 0) is 14.2 Å². The molecule has 2 fully saturated rings. The molecule has 1 aliphatic carbocycles. The number of aliphatic hydroxyl groups excluding tert-OH is 1. The van der Waals surface area contributed by atoms with Gasteiger partial charge in [-0.3, -0.25) is 4.90 Å². The van der Waals surface area contributed by atoms with Gasteiger partial charge in [0.25, 0.3) is 0 Å². The Bertz CT molecular complexity index is 279. The van der Waals surface area contributed by atoms with E-state index in [4.69, 9.17) is 14.2 Å². The standard InChI is InChI=1S/C14H27NO4/c1-11(2)15(6-7-17-3)12-10-14(5-4-13(12)16)18-8-9-19-14/h11-13,16H,4-10H2,1-3H3. The molecule has 0 bridgehead atoms. The van der Waals surface area contributed by atoms with Gasteiger partial charge in [-0.15, -0.1) is 0 Å². The van der Waals surface area contributed by atoms with Crippen LogP contribution in [0.4, 0.5) is 0 Å². The average Bonchev–Trinajstić information content (AvgIpc) is 2.82. The molecule has 1 saturated carbocycles. The van der Waals surface area contributed by atoms with Crippen LogP contribution in [0.5, 0.6) is 0 Å². The number of rotatable bonds is 5. The summed E-state index contributed by atoms with van der Waals surface area (Å²) in [5.74, 6) is -0.454. The highest BCUT2D eigenvalue weighted by molar-refractivity contribution is 4.94. The third-order valence-electron chi connectivity index (χ3n) is 4.24. The first-order valence-electron chi connectivity index (χ1n) is 7.28. The summed E-state index contributed by atoms with van der Waals surface area (Å²) in [6.07, 6.45) is 1.97. The number of hydrogen-bond donors (Lipinski definition) is 1. The Balaban J connectivity index is 2.05. The minimum atomic E-state index is -0.454. The molecular weight excluding hydrogens is 246 g/mol. The van der Waals surface area contributed by atoms with Gasteiger partial charge in [0.05, 0.1) is 25.9 Å². The summed E-state index contributed by atoms with van der Waals surface area (Å²) in [4.78, 5) is 2.31. The summed E-state index contributed by atoms with van der Waals surface area (Å²) >= 11 is 0. The van der Waals surface area contributed by atoms with Crippen molar-refractivity contribution in [2.45, 2.75) is 57.1 Å². The van der Waals surface area contributed by atoms with E-state index in [1.54, 1.807) is 7.11 Å². The molecule has 2 rings (SSSR count). The van der Waals surface area contributed by atoms with Crippen molar-refractivity contribution in [3.63, 3.8) is 0 Å². The maximum Gasteiger partial charge on any atom is 0.170 e. The molecule has 0 aromatic rings. The molecule has 5 nitrogen and oxygen atoms in total. The van der Waals surface area contributed by atoms with E-state index < -0.39 is 5.79 Å². The van der Waals surface area contributed by atoms with Crippen LogP contribution in [0.2, 0.25) is 0 Å². The van der Waals surface area contributed by atoms with E-state index >= 15 is 0 Å². The third-order valence-corrected chi connectivity index (χ3v) is 4.24. The highest BCUT2D eigenvalue weighted by Gasteiger charge is 2.46. The van der Waals surface area contributed by atoms with Crippen LogP contribution in [-0.4, -0.2) is 67.5 Å². The average molecular weight is 273 g/mol. The first-order chi connectivity index (χ1) is 9.08. The van der Waals surface area contributed by atoms with Crippen LogP contribution in [0, 0.1) is 0 Å². The number of ether oxygens (including phenoxy) is 3. The molecule has 19 heavy (non-hydrogen) atoms. The van der Waals surface area contributed by atoms with Gasteiger partial charge in [0.15, 0.2) is 5.79 Å². The fraction of sp³-hybridized carbons (Fsp3) is 1.00. The maximum atomic E-state index is 10.3. The number of aliphatic hydroxyl groups is 1. The molecule has 0 radical (unpaired) electrons. The topological polar surface area (TPSA) is 51.2 Å². The molecule has 0 aromatic carbocycles. The van der Waals surface area contributed by atoms with E-state index in [0.29, 0.717) is 25.9 Å². The fourth-order valence-electron chi connectivity index (χ4n) is 3.22. The Kier molecular flexibility index (Phi) is 5.20. The van der Waals surface area contributed by atoms with Gasteiger partial charge in [0.2, 0.25) is 0 Å². The van der Waals surface area contributed by atoms with Crippen molar-refractivity contribution < 1.29 is 19.3 Å². The highest BCUT2D eigenvalue weighted by Crippen LogP contribution is 2.38. The molecule has 1 saturated heterocycles. The van der Waals surface area contributed by atoms with Gasteiger partial charge >= 0.3 is 0 Å². The Morgan fingerprint density at radius 3 is 2.63 bits per heavy atom. The van der Waals surface area contributed by atoms with Crippen LogP contribution in [0.25, 0.3) is 0 Å². The minimum absolute atomic E-state index is 0.0852. The zero-order valence-corrected chi connectivity index (χ0v) is 12.3. The number of nitrogens with zero attached hydrogens (tertiary/aromatic N) is 1. The molecule has 0 amide bonds. The van der Waals surface area contributed by atoms with Crippen LogP contribution in [0.1, 0.15) is 33.1 Å². The highest BCUT2D eigenvalue weighted by atomic mass is 16.7. The fourth-order valence-corrected chi connectivity index (χ4v) is 3.22. The van der Waals surface area contributed by atoms with Gasteiger partial charge in [-0.2, -0.15) is 0 Å². The smallest absolute Gasteiger partial charge is 0.170 e. The van der Waals surface area contributed by atoms with E-state index in [-0.39, 0.29) is 12.1 Å². The normalized spacial score (nSPS) is 30.6. The lowest BCUT2D eigenvalue weighted by molar-refractivity contribution is -0.207. The molecule has 5 heteroatoms. The van der Waals surface area contributed by atoms with Gasteiger partial charge in [-0.25, -0.2) is 0 Å². The van der Waals surface area contributed by atoms with Crippen molar-refractivity contribution in [2.24, 2.45) is 0 Å². The molecule has 2 atom stereocenters. The van der Waals surface area contributed by atoms with Gasteiger partial charge in [-0.05, 0) is 20.3 Å². The summed E-state index contributed by atoms with van der Waals surface area (Å²) in [5, 5.41) is 10.3. The zero-order chi connectivity index (χ0) is 13.9. The van der Waals surface area contributed by atoms with Crippen molar-refractivity contribution in [1.82, 2.24) is 4.90 Å². The van der Waals surface area contributed by atoms with E-state index in [0.717, 1.165) is 25.8 Å². The molecule has 2 unspecified atom stereocenters. The number of hydrogen-bond acceptors (Lipinski definition) is 5. The summed E-state index contributed by atoms with van der Waals surface area (Å²) in [7, 11) is 1.71. The SMILES string of the molecule is COCCN(C(C)C)C1CC2(CCC1O)OCCO2. The molecule has 1 aliphatic heterocycles. The Morgan fingerprint density at radius 1 is 1.37 bits per heavy atom. The Hall–Kier alpha value is -0.200. The second kappa shape index (κ2) is 6.50. The second-order valence-corrected chi connectivity index (χ2v) is 5.81. The van der Waals surface area contributed by atoms with Gasteiger partial charge in [-0.1, -0.05) is 0 Å². The molecule has 112 valence electrons. The van der Waals surface area contributed by atoms with E-state index in [9.17, 15) is 5.11 Å². The van der Waals surface area contributed by atoms with Gasteiger partial charge in [0.1, 0.15) is 0 Å². The van der Waals surface area contributed by atoms with Crippen molar-refractivity contribution in [3.8, 4) is 0 Å². The monoisotopic (exact) mass is 273 g/mol. The lowest BCUT2D eigenvalue weighted by atomic mass is 9.86. The van der Waals surface area contributed by atoms with Crippen LogP contribution in [0.15, 0.2) is 0 Å². The third kappa shape index (κ3) is 3.47. The largest absolute Gasteiger partial charge is 0.391 e. The van der Waals surface area contributed by atoms with Gasteiger partial charge < -0.3 is 19.3 Å². The van der Waals surface area contributed by atoms with Crippen molar-refractivity contribution >= 4 is 0 Å². The first-order valence-corrected chi connectivity index (χ1v) is 7.28. The summed E-state index contributed by atoms with van der Waals surface area (Å²) in [6.45, 7) is 7.15. The predicted octanol–water partition coefficient (Wildman–Crippen LogP) is 1.000. The molecule has 0 aromatic heterocycles. The van der Waals surface area contributed by atoms with Gasteiger partial charge in [0, 0.05) is 38.6 Å². The quantitative estimate of drug-likeness (QED) is 0.810.